The molecule has 1 heterocycles. The van der Waals surface area contributed by atoms with Gasteiger partial charge < -0.3 is 15.3 Å². The van der Waals surface area contributed by atoms with E-state index in [2.05, 4.69) is 5.32 Å². The minimum atomic E-state index is -0.962. The van der Waals surface area contributed by atoms with Gasteiger partial charge in [0, 0.05) is 25.2 Å². The lowest BCUT2D eigenvalue weighted by Crippen LogP contribution is -2.45. The van der Waals surface area contributed by atoms with Gasteiger partial charge in [-0.05, 0) is 37.3 Å². The quantitative estimate of drug-likeness (QED) is 0.873. The standard InChI is InChI=1S/C16H20F2N2O3/c17-13-2-1-3-14(18)12(13)10-11-5-8-20(9-6-11)16(23)19-7-4-15(21)22/h1-3,11H,4-10H2,(H,19,23)(H,21,22). The number of aliphatic carboxylic acids is 1. The van der Waals surface area contributed by atoms with Crippen molar-refractivity contribution in [2.24, 2.45) is 5.92 Å². The summed E-state index contributed by atoms with van der Waals surface area (Å²) < 4.78 is 27.3. The molecule has 1 aromatic carbocycles. The van der Waals surface area contributed by atoms with Crippen LogP contribution in [0.5, 0.6) is 0 Å². The average molecular weight is 326 g/mol. The van der Waals surface area contributed by atoms with E-state index in [4.69, 9.17) is 5.11 Å². The van der Waals surface area contributed by atoms with Crippen molar-refractivity contribution in [3.63, 3.8) is 0 Å². The largest absolute Gasteiger partial charge is 0.481 e. The third kappa shape index (κ3) is 4.91. The van der Waals surface area contributed by atoms with Gasteiger partial charge in [-0.1, -0.05) is 6.07 Å². The predicted molar refractivity (Wildman–Crippen MR) is 80.0 cm³/mol. The van der Waals surface area contributed by atoms with E-state index in [0.717, 1.165) is 0 Å². The van der Waals surface area contributed by atoms with E-state index in [-0.39, 0.29) is 30.5 Å². The van der Waals surface area contributed by atoms with E-state index in [9.17, 15) is 18.4 Å². The normalized spacial score (nSPS) is 15.5. The van der Waals surface area contributed by atoms with Crippen molar-refractivity contribution in [1.82, 2.24) is 10.2 Å². The van der Waals surface area contributed by atoms with E-state index in [1.54, 1.807) is 4.90 Å². The number of carboxylic acid groups (broad SMARTS) is 1. The Labute approximate surface area is 133 Å². The molecular weight excluding hydrogens is 306 g/mol. The number of carbonyl (C=O) groups excluding carboxylic acids is 1. The lowest BCUT2D eigenvalue weighted by atomic mass is 9.90. The van der Waals surface area contributed by atoms with E-state index in [0.29, 0.717) is 32.4 Å². The number of halogens is 2. The zero-order valence-corrected chi connectivity index (χ0v) is 12.7. The summed E-state index contributed by atoms with van der Waals surface area (Å²) in [6, 6.07) is 3.56. The van der Waals surface area contributed by atoms with Gasteiger partial charge >= 0.3 is 12.0 Å². The first-order valence-electron chi connectivity index (χ1n) is 7.65. The molecule has 2 amide bonds. The van der Waals surface area contributed by atoms with Crippen LogP contribution in [0.25, 0.3) is 0 Å². The smallest absolute Gasteiger partial charge is 0.317 e. The number of carboxylic acids is 1. The Morgan fingerprint density at radius 1 is 1.22 bits per heavy atom. The fourth-order valence-electron chi connectivity index (χ4n) is 2.74. The predicted octanol–water partition coefficient (Wildman–Crippen LogP) is 2.40. The number of nitrogens with one attached hydrogen (secondary N) is 1. The number of likely N-dealkylation sites (tertiary alicyclic amines) is 1. The molecule has 23 heavy (non-hydrogen) atoms. The first-order valence-corrected chi connectivity index (χ1v) is 7.65. The monoisotopic (exact) mass is 326 g/mol. The molecule has 2 N–H and O–H groups in total. The van der Waals surface area contributed by atoms with Gasteiger partial charge in [0.15, 0.2) is 0 Å². The molecule has 1 aliphatic rings. The molecule has 7 heteroatoms. The number of rotatable bonds is 5. The Kier molecular flexibility index (Phi) is 5.90. The maximum atomic E-state index is 13.7. The van der Waals surface area contributed by atoms with Crippen molar-refractivity contribution in [2.75, 3.05) is 19.6 Å². The van der Waals surface area contributed by atoms with Crippen LogP contribution in [0.1, 0.15) is 24.8 Å². The van der Waals surface area contributed by atoms with Crippen LogP contribution in [-0.2, 0) is 11.2 Å². The van der Waals surface area contributed by atoms with Crippen LogP contribution in [0, 0.1) is 17.6 Å². The summed E-state index contributed by atoms with van der Waals surface area (Å²) in [4.78, 5) is 23.9. The zero-order chi connectivity index (χ0) is 16.8. The van der Waals surface area contributed by atoms with Crippen molar-refractivity contribution in [1.29, 1.82) is 0 Å². The highest BCUT2D eigenvalue weighted by Crippen LogP contribution is 2.24. The fourth-order valence-corrected chi connectivity index (χ4v) is 2.74. The highest BCUT2D eigenvalue weighted by atomic mass is 19.1. The van der Waals surface area contributed by atoms with Crippen molar-refractivity contribution < 1.29 is 23.5 Å². The molecule has 1 fully saturated rings. The van der Waals surface area contributed by atoms with E-state index in [1.165, 1.54) is 18.2 Å². The fraction of sp³-hybridized carbons (Fsp3) is 0.500. The van der Waals surface area contributed by atoms with Gasteiger partial charge in [-0.2, -0.15) is 0 Å². The Morgan fingerprint density at radius 2 is 1.83 bits per heavy atom. The van der Waals surface area contributed by atoms with Crippen LogP contribution in [0.4, 0.5) is 13.6 Å². The van der Waals surface area contributed by atoms with Crippen molar-refractivity contribution in [3.05, 3.63) is 35.4 Å². The highest BCUT2D eigenvalue weighted by molar-refractivity contribution is 5.75. The van der Waals surface area contributed by atoms with Crippen LogP contribution >= 0.6 is 0 Å². The molecule has 126 valence electrons. The van der Waals surface area contributed by atoms with E-state index >= 15 is 0 Å². The first-order chi connectivity index (χ1) is 11.0. The van der Waals surface area contributed by atoms with Crippen molar-refractivity contribution >= 4 is 12.0 Å². The van der Waals surface area contributed by atoms with Crippen LogP contribution in [0.3, 0.4) is 0 Å². The number of nitrogens with zero attached hydrogens (tertiary/aromatic N) is 1. The summed E-state index contributed by atoms with van der Waals surface area (Å²) in [6.07, 6.45) is 1.54. The van der Waals surface area contributed by atoms with E-state index in [1.807, 2.05) is 0 Å². The Hall–Kier alpha value is -2.18. The number of hydrogen-bond acceptors (Lipinski definition) is 2. The molecule has 0 aromatic heterocycles. The number of carbonyl (C=O) groups is 2. The summed E-state index contributed by atoms with van der Waals surface area (Å²) in [7, 11) is 0. The van der Waals surface area contributed by atoms with Crippen LogP contribution in [0.15, 0.2) is 18.2 Å². The number of hydrogen-bond donors (Lipinski definition) is 2. The second kappa shape index (κ2) is 7.89. The molecule has 0 saturated carbocycles. The van der Waals surface area contributed by atoms with Gasteiger partial charge in [-0.3, -0.25) is 4.79 Å². The second-order valence-corrected chi connectivity index (χ2v) is 5.71. The van der Waals surface area contributed by atoms with Gasteiger partial charge in [0.2, 0.25) is 0 Å². The summed E-state index contributed by atoms with van der Waals surface area (Å²) >= 11 is 0. The zero-order valence-electron chi connectivity index (χ0n) is 12.7. The molecular formula is C16H20F2N2O3. The molecule has 1 saturated heterocycles. The molecule has 0 aliphatic carbocycles. The number of urea groups is 1. The molecule has 0 radical (unpaired) electrons. The van der Waals surface area contributed by atoms with Gasteiger partial charge in [0.1, 0.15) is 11.6 Å². The molecule has 2 rings (SSSR count). The molecule has 1 aliphatic heterocycles. The minimum Gasteiger partial charge on any atom is -0.481 e. The van der Waals surface area contributed by atoms with Gasteiger partial charge in [0.25, 0.3) is 0 Å². The van der Waals surface area contributed by atoms with Gasteiger partial charge in [-0.25, -0.2) is 13.6 Å². The maximum Gasteiger partial charge on any atom is 0.317 e. The summed E-state index contributed by atoms with van der Waals surface area (Å²) in [5, 5.41) is 11.1. The maximum absolute atomic E-state index is 13.7. The average Bonchev–Trinajstić information content (AvgIpc) is 2.51. The van der Waals surface area contributed by atoms with Gasteiger partial charge in [0.05, 0.1) is 6.42 Å². The summed E-state index contributed by atoms with van der Waals surface area (Å²) in [5.41, 5.74) is 0.108. The lowest BCUT2D eigenvalue weighted by Gasteiger charge is -2.32. The third-order valence-electron chi connectivity index (χ3n) is 4.07. The molecule has 0 bridgehead atoms. The van der Waals surface area contributed by atoms with Crippen molar-refractivity contribution in [2.45, 2.75) is 25.7 Å². The minimum absolute atomic E-state index is 0.0918. The van der Waals surface area contributed by atoms with Crippen LogP contribution in [0.2, 0.25) is 0 Å². The lowest BCUT2D eigenvalue weighted by molar-refractivity contribution is -0.136. The Balaban J connectivity index is 1.80. The van der Waals surface area contributed by atoms with Crippen LogP contribution < -0.4 is 5.32 Å². The molecule has 5 nitrogen and oxygen atoms in total. The van der Waals surface area contributed by atoms with E-state index < -0.39 is 17.6 Å². The first kappa shape index (κ1) is 17.2. The molecule has 0 atom stereocenters. The summed E-state index contributed by atoms with van der Waals surface area (Å²) in [5.74, 6) is -1.89. The molecule has 1 aromatic rings. The van der Waals surface area contributed by atoms with Crippen LogP contribution in [-0.4, -0.2) is 41.6 Å². The molecule has 0 unspecified atom stereocenters. The third-order valence-corrected chi connectivity index (χ3v) is 4.07. The molecule has 0 spiro atoms. The highest BCUT2D eigenvalue weighted by Gasteiger charge is 2.24. The van der Waals surface area contributed by atoms with Crippen molar-refractivity contribution in [3.8, 4) is 0 Å². The second-order valence-electron chi connectivity index (χ2n) is 5.71. The number of benzene rings is 1. The number of amides is 2. The number of piperidine rings is 1. The topological polar surface area (TPSA) is 69.6 Å². The van der Waals surface area contributed by atoms with Gasteiger partial charge in [-0.15, -0.1) is 0 Å². The summed E-state index contributed by atoms with van der Waals surface area (Å²) in [6.45, 7) is 1.09. The Bertz CT molecular complexity index is 552. The Morgan fingerprint density at radius 3 is 2.39 bits per heavy atom. The SMILES string of the molecule is O=C(O)CCNC(=O)N1CCC(Cc2c(F)cccc2F)CC1.